The second-order valence-electron chi connectivity index (χ2n) is 10.1. The lowest BCUT2D eigenvalue weighted by molar-refractivity contribution is 0.0697. The third-order valence-corrected chi connectivity index (χ3v) is 8.08. The molecule has 37 heavy (non-hydrogen) atoms. The van der Waals surface area contributed by atoms with Gasteiger partial charge in [0.05, 0.1) is 16.9 Å². The third kappa shape index (κ3) is 4.97. The zero-order valence-electron chi connectivity index (χ0n) is 20.6. The highest BCUT2D eigenvalue weighted by atomic mass is 35.5. The summed E-state index contributed by atoms with van der Waals surface area (Å²) in [5, 5.41) is 17.0. The van der Waals surface area contributed by atoms with Gasteiger partial charge in [-0.25, -0.2) is 13.6 Å². The van der Waals surface area contributed by atoms with Crippen LogP contribution in [0.1, 0.15) is 48.0 Å². The number of hydrogen-bond donors (Lipinski definition) is 3. The van der Waals surface area contributed by atoms with Gasteiger partial charge >= 0.3 is 5.97 Å². The number of carbonyl (C=O) groups is 1. The molecule has 1 fully saturated rings. The third-order valence-electron chi connectivity index (χ3n) is 7.82. The molecule has 1 aliphatic heterocycles. The normalized spacial score (nSPS) is 17.4. The lowest BCUT2D eigenvalue weighted by atomic mass is 9.71. The Bertz CT molecular complexity index is 1250. The fourth-order valence-electron chi connectivity index (χ4n) is 5.90. The molecule has 5 rings (SSSR count). The molecule has 3 N–H and O–H groups in total. The topological polar surface area (TPSA) is 64.6 Å². The van der Waals surface area contributed by atoms with E-state index in [2.05, 4.69) is 15.5 Å². The molecular weight excluding hydrogens is 496 g/mol. The number of benzene rings is 3. The van der Waals surface area contributed by atoms with Crippen molar-refractivity contribution in [3.8, 4) is 0 Å². The molecule has 3 aromatic carbocycles. The van der Waals surface area contributed by atoms with Gasteiger partial charge in [-0.15, -0.1) is 0 Å². The van der Waals surface area contributed by atoms with Crippen LogP contribution < -0.4 is 15.5 Å². The second-order valence-corrected chi connectivity index (χ2v) is 10.6. The van der Waals surface area contributed by atoms with Crippen LogP contribution in [0.4, 0.5) is 25.8 Å². The van der Waals surface area contributed by atoms with E-state index in [1.165, 1.54) is 18.6 Å². The SMILES string of the molecule is CN(CC(C1CCCCC1)C1(c2ccc(Cl)cc2)Nc2cc(F)c(F)cc2N1)c1ccc(C(=O)O)cc1. The first-order valence-electron chi connectivity index (χ1n) is 12.6. The van der Waals surface area contributed by atoms with Gasteiger partial charge in [-0.1, -0.05) is 43.0 Å². The number of aromatic carboxylic acids is 1. The Morgan fingerprint density at radius 2 is 1.57 bits per heavy atom. The maximum atomic E-state index is 14.2. The quantitative estimate of drug-likeness (QED) is 0.301. The van der Waals surface area contributed by atoms with E-state index in [0.717, 1.165) is 36.9 Å². The van der Waals surface area contributed by atoms with Crippen LogP contribution in [0.2, 0.25) is 5.02 Å². The van der Waals surface area contributed by atoms with Crippen molar-refractivity contribution in [3.63, 3.8) is 0 Å². The predicted octanol–water partition coefficient (Wildman–Crippen LogP) is 7.34. The molecule has 0 spiro atoms. The van der Waals surface area contributed by atoms with Gasteiger partial charge in [-0.05, 0) is 60.7 Å². The number of hydrogen-bond acceptors (Lipinski definition) is 4. The minimum absolute atomic E-state index is 0.00310. The van der Waals surface area contributed by atoms with Crippen LogP contribution in [-0.4, -0.2) is 24.7 Å². The standard InChI is InChI=1S/C29H30ClF2N3O2/c1-35(22-13-7-19(8-14-22)28(36)37)17-23(18-5-3-2-4-6-18)29(20-9-11-21(30)12-10-20)33-26-15-24(31)25(32)16-27(26)34-29/h7-16,18,23,33-34H,2-6,17H2,1H3,(H,36,37). The summed E-state index contributed by atoms with van der Waals surface area (Å²) in [5.74, 6) is -2.42. The van der Waals surface area contributed by atoms with Gasteiger partial charge in [0.2, 0.25) is 0 Å². The molecule has 1 heterocycles. The van der Waals surface area contributed by atoms with Crippen molar-refractivity contribution in [2.75, 3.05) is 29.1 Å². The molecule has 0 amide bonds. The molecule has 5 nitrogen and oxygen atoms in total. The maximum absolute atomic E-state index is 14.2. The Morgan fingerprint density at radius 3 is 2.11 bits per heavy atom. The Balaban J connectivity index is 1.57. The molecule has 1 atom stereocenters. The van der Waals surface area contributed by atoms with Crippen LogP contribution in [0.15, 0.2) is 60.7 Å². The number of nitrogens with zero attached hydrogens (tertiary/aromatic N) is 1. The van der Waals surface area contributed by atoms with Gasteiger partial charge in [0, 0.05) is 42.4 Å². The molecule has 194 valence electrons. The number of carboxylic acid groups (broad SMARTS) is 1. The lowest BCUT2D eigenvalue weighted by Gasteiger charge is -2.46. The summed E-state index contributed by atoms with van der Waals surface area (Å²) in [7, 11) is 1.99. The Morgan fingerprint density at radius 1 is 1.00 bits per heavy atom. The number of halogens is 3. The Hall–Kier alpha value is -3.32. The first kappa shape index (κ1) is 25.3. The highest BCUT2D eigenvalue weighted by Gasteiger charge is 2.49. The van der Waals surface area contributed by atoms with Crippen molar-refractivity contribution < 1.29 is 18.7 Å². The van der Waals surface area contributed by atoms with Gasteiger partial charge in [-0.3, -0.25) is 0 Å². The van der Waals surface area contributed by atoms with E-state index in [1.807, 2.05) is 43.4 Å². The summed E-state index contributed by atoms with van der Waals surface area (Å²) in [4.78, 5) is 13.4. The summed E-state index contributed by atoms with van der Waals surface area (Å²) < 4.78 is 28.5. The fourth-order valence-corrected chi connectivity index (χ4v) is 6.03. The van der Waals surface area contributed by atoms with Gasteiger partial charge in [0.25, 0.3) is 0 Å². The van der Waals surface area contributed by atoms with Gasteiger partial charge in [0.1, 0.15) is 5.66 Å². The zero-order chi connectivity index (χ0) is 26.2. The molecule has 0 aromatic heterocycles. The molecule has 3 aromatic rings. The number of fused-ring (bicyclic) bond motifs is 1. The van der Waals surface area contributed by atoms with E-state index < -0.39 is 23.3 Å². The van der Waals surface area contributed by atoms with Crippen molar-refractivity contribution in [2.24, 2.45) is 11.8 Å². The summed E-state index contributed by atoms with van der Waals surface area (Å²) in [6, 6.07) is 16.8. The molecule has 0 saturated heterocycles. The van der Waals surface area contributed by atoms with E-state index in [-0.39, 0.29) is 11.5 Å². The minimum atomic E-state index is -0.965. The van der Waals surface area contributed by atoms with Gasteiger partial charge in [0.15, 0.2) is 11.6 Å². The summed E-state index contributed by atoms with van der Waals surface area (Å²) in [5.41, 5.74) is 2.26. The average Bonchev–Trinajstić information content (AvgIpc) is 3.27. The largest absolute Gasteiger partial charge is 0.478 e. The van der Waals surface area contributed by atoms with Crippen molar-refractivity contribution in [2.45, 2.75) is 37.8 Å². The van der Waals surface area contributed by atoms with E-state index in [0.29, 0.717) is 28.9 Å². The highest BCUT2D eigenvalue weighted by Crippen LogP contribution is 2.49. The molecule has 0 radical (unpaired) electrons. The van der Waals surface area contributed by atoms with Crippen molar-refractivity contribution in [3.05, 3.63) is 88.4 Å². The molecule has 8 heteroatoms. The van der Waals surface area contributed by atoms with Crippen LogP contribution in [0, 0.1) is 23.5 Å². The van der Waals surface area contributed by atoms with Crippen LogP contribution in [0.3, 0.4) is 0 Å². The van der Waals surface area contributed by atoms with Crippen LogP contribution in [0.5, 0.6) is 0 Å². The number of anilines is 3. The van der Waals surface area contributed by atoms with Gasteiger partial charge in [-0.2, -0.15) is 0 Å². The first-order chi connectivity index (χ1) is 17.8. The summed E-state index contributed by atoms with van der Waals surface area (Å²) in [6.45, 7) is 0.624. The smallest absolute Gasteiger partial charge is 0.335 e. The lowest BCUT2D eigenvalue weighted by Crippen LogP contribution is -2.53. The number of nitrogens with one attached hydrogen (secondary N) is 2. The Labute approximate surface area is 220 Å². The molecular formula is C29H30ClF2N3O2. The zero-order valence-corrected chi connectivity index (χ0v) is 21.4. The monoisotopic (exact) mass is 525 g/mol. The van der Waals surface area contributed by atoms with Crippen LogP contribution >= 0.6 is 11.6 Å². The molecule has 1 unspecified atom stereocenters. The van der Waals surface area contributed by atoms with Crippen molar-refractivity contribution >= 4 is 34.6 Å². The summed E-state index contributed by atoms with van der Waals surface area (Å²) in [6.07, 6.45) is 5.56. The first-order valence-corrected chi connectivity index (χ1v) is 13.0. The Kier molecular flexibility index (Phi) is 6.99. The highest BCUT2D eigenvalue weighted by molar-refractivity contribution is 6.30. The van der Waals surface area contributed by atoms with E-state index in [1.54, 1.807) is 12.1 Å². The number of carboxylic acids is 1. The van der Waals surface area contributed by atoms with E-state index >= 15 is 0 Å². The maximum Gasteiger partial charge on any atom is 0.335 e. The fraction of sp³-hybridized carbons (Fsp3) is 0.345. The van der Waals surface area contributed by atoms with Crippen molar-refractivity contribution in [1.29, 1.82) is 0 Å². The second kappa shape index (κ2) is 10.2. The predicted molar refractivity (Wildman–Crippen MR) is 143 cm³/mol. The minimum Gasteiger partial charge on any atom is -0.478 e. The molecule has 1 aliphatic carbocycles. The van der Waals surface area contributed by atoms with Crippen LogP contribution in [-0.2, 0) is 5.66 Å². The van der Waals surface area contributed by atoms with E-state index in [4.69, 9.17) is 11.6 Å². The summed E-state index contributed by atoms with van der Waals surface area (Å²) >= 11 is 6.23. The average molecular weight is 526 g/mol. The number of rotatable bonds is 7. The molecule has 2 aliphatic rings. The van der Waals surface area contributed by atoms with E-state index in [9.17, 15) is 18.7 Å². The molecule has 1 saturated carbocycles. The van der Waals surface area contributed by atoms with Gasteiger partial charge < -0.3 is 20.6 Å². The van der Waals surface area contributed by atoms with Crippen LogP contribution in [0.25, 0.3) is 0 Å². The molecule has 0 bridgehead atoms. The van der Waals surface area contributed by atoms with Crippen molar-refractivity contribution in [1.82, 2.24) is 0 Å².